The molecule has 0 bridgehead atoms. The number of ether oxygens (including phenoxy) is 1. The monoisotopic (exact) mass is 278 g/mol. The molecule has 2 heterocycles. The number of aromatic nitrogens is 2. The van der Waals surface area contributed by atoms with Crippen molar-refractivity contribution >= 4 is 18.1 Å². The average molecular weight is 278 g/mol. The molecule has 1 unspecified atom stereocenters. The first kappa shape index (κ1) is 14.4. The van der Waals surface area contributed by atoms with E-state index in [0.29, 0.717) is 44.1 Å². The van der Waals surface area contributed by atoms with Crippen molar-refractivity contribution < 1.29 is 14.3 Å². The first-order valence-corrected chi connectivity index (χ1v) is 6.65. The molecule has 1 atom stereocenters. The predicted molar refractivity (Wildman–Crippen MR) is 72.7 cm³/mol. The lowest BCUT2D eigenvalue weighted by Crippen LogP contribution is -2.54. The van der Waals surface area contributed by atoms with Gasteiger partial charge in [0.15, 0.2) is 6.29 Å². The van der Waals surface area contributed by atoms with E-state index < -0.39 is 6.04 Å². The highest BCUT2D eigenvalue weighted by atomic mass is 16.5. The zero-order valence-corrected chi connectivity index (χ0v) is 11.4. The maximum absolute atomic E-state index is 12.1. The van der Waals surface area contributed by atoms with Crippen LogP contribution < -0.4 is 10.2 Å². The van der Waals surface area contributed by atoms with Gasteiger partial charge in [0.25, 0.3) is 0 Å². The molecule has 2 rings (SSSR count). The van der Waals surface area contributed by atoms with Gasteiger partial charge in [0.05, 0.1) is 18.8 Å². The second kappa shape index (κ2) is 6.95. The molecule has 1 N–H and O–H groups in total. The fourth-order valence-corrected chi connectivity index (χ4v) is 1.97. The summed E-state index contributed by atoms with van der Waals surface area (Å²) in [6.07, 6.45) is 4.47. The van der Waals surface area contributed by atoms with Crippen LogP contribution >= 0.6 is 0 Å². The SMILES string of the molecule is CCCNC(=O)C1COCCN1c1ncc(C=O)cn1. The van der Waals surface area contributed by atoms with Gasteiger partial charge in [-0.1, -0.05) is 6.92 Å². The Kier molecular flexibility index (Phi) is 5.00. The summed E-state index contributed by atoms with van der Waals surface area (Å²) < 4.78 is 5.37. The van der Waals surface area contributed by atoms with Gasteiger partial charge in [0, 0.05) is 25.5 Å². The number of carbonyl (C=O) groups excluding carboxylic acids is 2. The van der Waals surface area contributed by atoms with Crippen molar-refractivity contribution in [3.63, 3.8) is 0 Å². The fourth-order valence-electron chi connectivity index (χ4n) is 1.97. The molecule has 1 aliphatic heterocycles. The van der Waals surface area contributed by atoms with Crippen molar-refractivity contribution in [2.75, 3.05) is 31.2 Å². The van der Waals surface area contributed by atoms with Gasteiger partial charge in [-0.15, -0.1) is 0 Å². The van der Waals surface area contributed by atoms with E-state index in [-0.39, 0.29) is 5.91 Å². The van der Waals surface area contributed by atoms with E-state index >= 15 is 0 Å². The van der Waals surface area contributed by atoms with E-state index in [4.69, 9.17) is 4.74 Å². The molecule has 0 saturated carbocycles. The standard InChI is InChI=1S/C13H18N4O3/c1-2-3-14-12(19)11-9-20-5-4-17(11)13-15-6-10(8-18)7-16-13/h6-8,11H,2-5,9H2,1H3,(H,14,19). The van der Waals surface area contributed by atoms with E-state index in [1.165, 1.54) is 12.4 Å². The van der Waals surface area contributed by atoms with Crippen LogP contribution in [0, 0.1) is 0 Å². The van der Waals surface area contributed by atoms with Gasteiger partial charge in [-0.25, -0.2) is 9.97 Å². The van der Waals surface area contributed by atoms with Crippen molar-refractivity contribution in [3.05, 3.63) is 18.0 Å². The number of rotatable bonds is 5. The quantitative estimate of drug-likeness (QED) is 0.764. The van der Waals surface area contributed by atoms with Gasteiger partial charge < -0.3 is 15.0 Å². The van der Waals surface area contributed by atoms with Crippen molar-refractivity contribution in [2.45, 2.75) is 19.4 Å². The molecule has 0 aliphatic carbocycles. The molecule has 1 amide bonds. The van der Waals surface area contributed by atoms with E-state index in [1.807, 2.05) is 11.8 Å². The van der Waals surface area contributed by atoms with Gasteiger partial charge in [-0.2, -0.15) is 0 Å². The maximum atomic E-state index is 12.1. The van der Waals surface area contributed by atoms with Crippen LogP contribution in [0.1, 0.15) is 23.7 Å². The molecule has 20 heavy (non-hydrogen) atoms. The molecule has 1 fully saturated rings. The van der Waals surface area contributed by atoms with Crippen LogP contribution in [0.3, 0.4) is 0 Å². The molecule has 0 spiro atoms. The van der Waals surface area contributed by atoms with Crippen molar-refractivity contribution in [2.24, 2.45) is 0 Å². The van der Waals surface area contributed by atoms with E-state index in [9.17, 15) is 9.59 Å². The largest absolute Gasteiger partial charge is 0.377 e. The van der Waals surface area contributed by atoms with Crippen LogP contribution in [-0.4, -0.2) is 54.5 Å². The number of carbonyl (C=O) groups is 2. The Balaban J connectivity index is 2.12. The topological polar surface area (TPSA) is 84.4 Å². The second-order valence-electron chi connectivity index (χ2n) is 4.51. The zero-order valence-electron chi connectivity index (χ0n) is 11.4. The van der Waals surface area contributed by atoms with Gasteiger partial charge in [-0.3, -0.25) is 9.59 Å². The number of nitrogens with one attached hydrogen (secondary N) is 1. The van der Waals surface area contributed by atoms with E-state index in [2.05, 4.69) is 15.3 Å². The number of morpholine rings is 1. The van der Waals surface area contributed by atoms with Crippen LogP contribution in [0.15, 0.2) is 12.4 Å². The summed E-state index contributed by atoms with van der Waals surface area (Å²) in [7, 11) is 0. The highest BCUT2D eigenvalue weighted by molar-refractivity contribution is 5.85. The summed E-state index contributed by atoms with van der Waals surface area (Å²) in [5, 5.41) is 2.85. The first-order valence-electron chi connectivity index (χ1n) is 6.65. The predicted octanol–water partition coefficient (Wildman–Crippen LogP) is 0.0205. The van der Waals surface area contributed by atoms with Crippen molar-refractivity contribution in [3.8, 4) is 0 Å². The smallest absolute Gasteiger partial charge is 0.245 e. The van der Waals surface area contributed by atoms with Gasteiger partial charge in [-0.05, 0) is 6.42 Å². The highest BCUT2D eigenvalue weighted by Gasteiger charge is 2.30. The fraction of sp³-hybridized carbons (Fsp3) is 0.538. The zero-order chi connectivity index (χ0) is 14.4. The molecule has 1 saturated heterocycles. The third-order valence-electron chi connectivity index (χ3n) is 3.03. The summed E-state index contributed by atoms with van der Waals surface area (Å²) in [6, 6.07) is -0.433. The second-order valence-corrected chi connectivity index (χ2v) is 4.51. The Morgan fingerprint density at radius 3 is 2.95 bits per heavy atom. The van der Waals surface area contributed by atoms with Crippen LogP contribution in [0.4, 0.5) is 5.95 Å². The minimum absolute atomic E-state index is 0.0883. The minimum Gasteiger partial charge on any atom is -0.377 e. The average Bonchev–Trinajstić information content (AvgIpc) is 2.52. The summed E-state index contributed by atoms with van der Waals surface area (Å²) in [4.78, 5) is 32.8. The lowest BCUT2D eigenvalue weighted by atomic mass is 10.2. The molecule has 7 heteroatoms. The molecule has 1 aromatic heterocycles. The summed E-state index contributed by atoms with van der Waals surface area (Å²) in [5.74, 6) is 0.352. The van der Waals surface area contributed by atoms with Crippen LogP contribution in [0.25, 0.3) is 0 Å². The summed E-state index contributed by atoms with van der Waals surface area (Å²) >= 11 is 0. The molecule has 1 aliphatic rings. The number of amides is 1. The molecule has 108 valence electrons. The number of aldehydes is 1. The van der Waals surface area contributed by atoms with E-state index in [0.717, 1.165) is 6.42 Å². The Bertz CT molecular complexity index is 463. The number of anilines is 1. The minimum atomic E-state index is -0.433. The number of hydrogen-bond donors (Lipinski definition) is 1. The maximum Gasteiger partial charge on any atom is 0.245 e. The Hall–Kier alpha value is -2.02. The Morgan fingerprint density at radius 2 is 2.30 bits per heavy atom. The van der Waals surface area contributed by atoms with Crippen molar-refractivity contribution in [1.29, 1.82) is 0 Å². The number of hydrogen-bond acceptors (Lipinski definition) is 6. The molecule has 0 aromatic carbocycles. The molecular weight excluding hydrogens is 260 g/mol. The molecular formula is C13H18N4O3. The van der Waals surface area contributed by atoms with Gasteiger partial charge in [0.2, 0.25) is 11.9 Å². The Labute approximate surface area is 117 Å². The third-order valence-corrected chi connectivity index (χ3v) is 3.03. The number of nitrogens with zero attached hydrogens (tertiary/aromatic N) is 3. The van der Waals surface area contributed by atoms with Crippen LogP contribution in [-0.2, 0) is 9.53 Å². The molecule has 1 aromatic rings. The molecule has 0 radical (unpaired) electrons. The third kappa shape index (κ3) is 3.30. The lowest BCUT2D eigenvalue weighted by molar-refractivity contribution is -0.124. The van der Waals surface area contributed by atoms with Crippen molar-refractivity contribution in [1.82, 2.24) is 15.3 Å². The van der Waals surface area contributed by atoms with Gasteiger partial charge in [0.1, 0.15) is 6.04 Å². The molecule has 7 nitrogen and oxygen atoms in total. The highest BCUT2D eigenvalue weighted by Crippen LogP contribution is 2.15. The van der Waals surface area contributed by atoms with Crippen LogP contribution in [0.2, 0.25) is 0 Å². The normalized spacial score (nSPS) is 18.6. The summed E-state index contributed by atoms with van der Waals surface area (Å²) in [5.41, 5.74) is 0.411. The van der Waals surface area contributed by atoms with Gasteiger partial charge >= 0.3 is 0 Å². The first-order chi connectivity index (χ1) is 9.76. The van der Waals surface area contributed by atoms with Crippen LogP contribution in [0.5, 0.6) is 0 Å². The Morgan fingerprint density at radius 1 is 1.55 bits per heavy atom. The van der Waals surface area contributed by atoms with E-state index in [1.54, 1.807) is 0 Å². The summed E-state index contributed by atoms with van der Waals surface area (Å²) in [6.45, 7) is 4.01. The lowest BCUT2D eigenvalue weighted by Gasteiger charge is -2.34.